The summed E-state index contributed by atoms with van der Waals surface area (Å²) in [5.41, 5.74) is -0.974. The summed E-state index contributed by atoms with van der Waals surface area (Å²) in [7, 11) is 0. The molecule has 1 aromatic carbocycles. The third-order valence-corrected chi connectivity index (χ3v) is 2.67. The van der Waals surface area contributed by atoms with E-state index in [4.69, 9.17) is 0 Å². The van der Waals surface area contributed by atoms with E-state index >= 15 is 0 Å². The van der Waals surface area contributed by atoms with E-state index in [1.54, 1.807) is 0 Å². The lowest BCUT2D eigenvalue weighted by Crippen LogP contribution is -2.25. The molecule has 0 radical (unpaired) electrons. The molecule has 0 amide bonds. The Morgan fingerprint density at radius 1 is 0.882 bits per heavy atom. The molecule has 0 spiro atoms. The minimum Gasteiger partial charge on any atom is -0.391 e. The normalized spacial score (nSPS) is 20.1. The van der Waals surface area contributed by atoms with Crippen LogP contribution < -0.4 is 4.90 Å². The van der Waals surface area contributed by atoms with Crippen LogP contribution in [0, 0.1) is 29.1 Å². The zero-order chi connectivity index (χ0) is 12.7. The average molecular weight is 253 g/mol. The highest BCUT2D eigenvalue weighted by Crippen LogP contribution is 2.32. The molecule has 1 fully saturated rings. The van der Waals surface area contributed by atoms with Crippen molar-refractivity contribution in [2.24, 2.45) is 0 Å². The first-order chi connectivity index (χ1) is 7.93. The van der Waals surface area contributed by atoms with Gasteiger partial charge in [0.05, 0.1) is 6.10 Å². The smallest absolute Gasteiger partial charge is 0.200 e. The van der Waals surface area contributed by atoms with Crippen LogP contribution in [0.4, 0.5) is 27.6 Å². The van der Waals surface area contributed by atoms with Crippen molar-refractivity contribution in [3.8, 4) is 0 Å². The molecule has 1 atom stereocenters. The molecule has 7 heteroatoms. The first-order valence-electron chi connectivity index (χ1n) is 4.88. The lowest BCUT2D eigenvalue weighted by atomic mass is 10.2. The Labute approximate surface area is 93.3 Å². The molecule has 2 rings (SSSR count). The molecule has 1 N–H and O–H groups in total. The maximum atomic E-state index is 13.3. The Balaban J connectivity index is 2.54. The van der Waals surface area contributed by atoms with Gasteiger partial charge in [-0.15, -0.1) is 0 Å². The molecule has 1 aromatic rings. The number of aliphatic hydroxyl groups excluding tert-OH is 1. The lowest BCUT2D eigenvalue weighted by molar-refractivity contribution is 0.198. The molecule has 0 saturated carbocycles. The van der Waals surface area contributed by atoms with Crippen LogP contribution in [0.2, 0.25) is 0 Å². The zero-order valence-electron chi connectivity index (χ0n) is 8.48. The summed E-state index contributed by atoms with van der Waals surface area (Å²) in [6.45, 7) is -0.113. The van der Waals surface area contributed by atoms with Gasteiger partial charge < -0.3 is 10.0 Å². The lowest BCUT2D eigenvalue weighted by Gasteiger charge is -2.19. The van der Waals surface area contributed by atoms with Crippen LogP contribution >= 0.6 is 0 Å². The van der Waals surface area contributed by atoms with Gasteiger partial charge in [0.1, 0.15) is 5.69 Å². The van der Waals surface area contributed by atoms with Crippen molar-refractivity contribution >= 4 is 5.69 Å². The van der Waals surface area contributed by atoms with Crippen LogP contribution in [0.3, 0.4) is 0 Å². The fourth-order valence-corrected chi connectivity index (χ4v) is 1.82. The van der Waals surface area contributed by atoms with Crippen molar-refractivity contribution in [1.82, 2.24) is 0 Å². The van der Waals surface area contributed by atoms with E-state index in [0.717, 1.165) is 4.90 Å². The minimum absolute atomic E-state index is 0.0412. The molecule has 0 aromatic heterocycles. The van der Waals surface area contributed by atoms with Crippen molar-refractivity contribution < 1.29 is 27.1 Å². The minimum atomic E-state index is -2.18. The van der Waals surface area contributed by atoms with E-state index in [2.05, 4.69) is 0 Å². The Morgan fingerprint density at radius 2 is 1.35 bits per heavy atom. The average Bonchev–Trinajstić information content (AvgIpc) is 2.71. The Hall–Kier alpha value is -1.37. The van der Waals surface area contributed by atoms with Crippen LogP contribution in [0.25, 0.3) is 0 Å². The monoisotopic (exact) mass is 253 g/mol. The fourth-order valence-electron chi connectivity index (χ4n) is 1.82. The number of hydrogen-bond donors (Lipinski definition) is 1. The van der Waals surface area contributed by atoms with Crippen LogP contribution in [0.1, 0.15) is 6.42 Å². The molecular weight excluding hydrogens is 245 g/mol. The first-order valence-corrected chi connectivity index (χ1v) is 4.88. The highest BCUT2D eigenvalue weighted by Gasteiger charge is 2.32. The number of aliphatic hydroxyl groups is 1. The predicted molar refractivity (Wildman–Crippen MR) is 49.1 cm³/mol. The summed E-state index contributed by atoms with van der Waals surface area (Å²) < 4.78 is 65.2. The fraction of sp³-hybridized carbons (Fsp3) is 0.400. The first kappa shape index (κ1) is 12.1. The van der Waals surface area contributed by atoms with E-state index in [0.29, 0.717) is 0 Å². The van der Waals surface area contributed by atoms with Gasteiger partial charge in [0.25, 0.3) is 0 Å². The molecule has 17 heavy (non-hydrogen) atoms. The molecule has 0 bridgehead atoms. The van der Waals surface area contributed by atoms with Crippen LogP contribution in [0.15, 0.2) is 0 Å². The van der Waals surface area contributed by atoms with E-state index in [1.807, 2.05) is 0 Å². The van der Waals surface area contributed by atoms with Crippen molar-refractivity contribution in [2.45, 2.75) is 12.5 Å². The van der Waals surface area contributed by atoms with Gasteiger partial charge in [0.15, 0.2) is 23.3 Å². The molecule has 2 nitrogen and oxygen atoms in total. The molecule has 1 aliphatic heterocycles. The summed E-state index contributed by atoms with van der Waals surface area (Å²) in [6, 6.07) is 0. The van der Waals surface area contributed by atoms with Gasteiger partial charge in [-0.1, -0.05) is 0 Å². The summed E-state index contributed by atoms with van der Waals surface area (Å²) >= 11 is 0. The summed E-state index contributed by atoms with van der Waals surface area (Å²) in [5.74, 6) is -9.85. The topological polar surface area (TPSA) is 23.5 Å². The number of hydrogen-bond acceptors (Lipinski definition) is 2. The molecule has 0 aliphatic carbocycles. The standard InChI is InChI=1S/C10H8F5NO/c11-5-6(12)8(14)10(9(15)7(5)13)16-2-1-4(17)3-16/h4,17H,1-3H2/t4-/m1/s1. The van der Waals surface area contributed by atoms with Crippen molar-refractivity contribution in [3.63, 3.8) is 0 Å². The Kier molecular flexibility index (Phi) is 2.94. The van der Waals surface area contributed by atoms with E-state index in [1.165, 1.54) is 0 Å². The van der Waals surface area contributed by atoms with E-state index in [9.17, 15) is 27.1 Å². The number of anilines is 1. The van der Waals surface area contributed by atoms with Crippen molar-refractivity contribution in [1.29, 1.82) is 0 Å². The summed E-state index contributed by atoms with van der Waals surface area (Å²) in [5, 5.41) is 9.19. The van der Waals surface area contributed by atoms with Gasteiger partial charge in [0.2, 0.25) is 5.82 Å². The summed E-state index contributed by atoms with van der Waals surface area (Å²) in [6.07, 6.45) is -0.607. The van der Waals surface area contributed by atoms with Gasteiger partial charge >= 0.3 is 0 Å². The van der Waals surface area contributed by atoms with Gasteiger partial charge in [0, 0.05) is 13.1 Å². The predicted octanol–water partition coefficient (Wildman–Crippen LogP) is 1.95. The van der Waals surface area contributed by atoms with E-state index < -0.39 is 40.9 Å². The SMILES string of the molecule is O[C@@H]1CCN(c2c(F)c(F)c(F)c(F)c2F)C1. The second kappa shape index (κ2) is 4.14. The largest absolute Gasteiger partial charge is 0.391 e. The zero-order valence-corrected chi connectivity index (χ0v) is 8.48. The van der Waals surface area contributed by atoms with E-state index in [-0.39, 0.29) is 19.5 Å². The number of benzene rings is 1. The maximum Gasteiger partial charge on any atom is 0.200 e. The quantitative estimate of drug-likeness (QED) is 0.470. The van der Waals surface area contributed by atoms with Gasteiger partial charge in [-0.2, -0.15) is 0 Å². The van der Waals surface area contributed by atoms with Crippen LogP contribution in [0.5, 0.6) is 0 Å². The molecular formula is C10H8F5NO. The van der Waals surface area contributed by atoms with Gasteiger partial charge in [-0.3, -0.25) is 0 Å². The highest BCUT2D eigenvalue weighted by molar-refractivity contribution is 5.51. The molecule has 1 saturated heterocycles. The Bertz CT molecular complexity index is 435. The molecule has 0 unspecified atom stereocenters. The number of nitrogens with zero attached hydrogens (tertiary/aromatic N) is 1. The number of β-amino-alcohol motifs (C(OH)–C–C–N with tert-alkyl or cyclic N) is 1. The highest BCUT2D eigenvalue weighted by atomic mass is 19.2. The number of rotatable bonds is 1. The maximum absolute atomic E-state index is 13.3. The second-order valence-electron chi connectivity index (χ2n) is 3.81. The summed E-state index contributed by atoms with van der Waals surface area (Å²) in [4.78, 5) is 0.945. The van der Waals surface area contributed by atoms with Crippen LogP contribution in [-0.4, -0.2) is 24.3 Å². The van der Waals surface area contributed by atoms with Crippen molar-refractivity contribution in [2.75, 3.05) is 18.0 Å². The van der Waals surface area contributed by atoms with Gasteiger partial charge in [-0.05, 0) is 6.42 Å². The molecule has 1 heterocycles. The molecule has 1 aliphatic rings. The van der Waals surface area contributed by atoms with Crippen molar-refractivity contribution in [3.05, 3.63) is 29.1 Å². The Morgan fingerprint density at radius 3 is 1.76 bits per heavy atom. The third kappa shape index (κ3) is 1.84. The number of halogens is 5. The van der Waals surface area contributed by atoms with Crippen LogP contribution in [-0.2, 0) is 0 Å². The third-order valence-electron chi connectivity index (χ3n) is 2.67. The van der Waals surface area contributed by atoms with Gasteiger partial charge in [-0.25, -0.2) is 22.0 Å². The second-order valence-corrected chi connectivity index (χ2v) is 3.81. The molecule has 94 valence electrons.